The van der Waals surface area contributed by atoms with Crippen molar-refractivity contribution in [2.75, 3.05) is 13.6 Å². The van der Waals surface area contributed by atoms with Gasteiger partial charge in [-0.3, -0.25) is 18.7 Å². The minimum atomic E-state index is -0.448. The highest BCUT2D eigenvalue weighted by Gasteiger charge is 2.52. The molecule has 0 saturated carbocycles. The van der Waals surface area contributed by atoms with Crippen LogP contribution in [0.25, 0.3) is 11.2 Å². The van der Waals surface area contributed by atoms with Crippen molar-refractivity contribution in [3.63, 3.8) is 0 Å². The number of hydrogen-bond acceptors (Lipinski definition) is 5. The van der Waals surface area contributed by atoms with Gasteiger partial charge >= 0.3 is 11.7 Å². The van der Waals surface area contributed by atoms with E-state index in [-0.39, 0.29) is 40.3 Å². The summed E-state index contributed by atoms with van der Waals surface area (Å²) in [5, 5.41) is 0. The standard InChI is InChI=1S/C31H36N5O4.BrH/c1-33-28-27(29(37)34(2)31(33)39)35(20-32-28)16-17-36(3)23-14-15-24(36)19-25(18-23)40-30(38)26(21-10-6-4-7-11-21)22-12-8-5-9-13-22;/h4-13,20,23-26H,14-19H2,1-3H3;1H/q+1;/p-1. The number of piperidine rings is 1. The normalized spacial score (nSPS) is 23.5. The molecule has 0 amide bonds. The lowest BCUT2D eigenvalue weighted by Gasteiger charge is -2.47. The van der Waals surface area contributed by atoms with Crippen molar-refractivity contribution in [2.24, 2.45) is 14.1 Å². The molecule has 2 aromatic heterocycles. The Labute approximate surface area is 249 Å². The van der Waals surface area contributed by atoms with Gasteiger partial charge in [0, 0.05) is 39.8 Å². The summed E-state index contributed by atoms with van der Waals surface area (Å²) in [7, 11) is 5.44. The summed E-state index contributed by atoms with van der Waals surface area (Å²) in [6.45, 7) is 1.46. The number of likely N-dealkylation sites (N-methyl/N-ethyl adjacent to an activating group) is 1. The molecule has 2 aliphatic heterocycles. The third-order valence-electron chi connectivity index (χ3n) is 9.40. The molecule has 41 heavy (non-hydrogen) atoms. The molecule has 2 bridgehead atoms. The van der Waals surface area contributed by atoms with Crippen LogP contribution in [0.1, 0.15) is 42.7 Å². The van der Waals surface area contributed by atoms with Gasteiger partial charge in [0.2, 0.25) is 0 Å². The fraction of sp³-hybridized carbons (Fsp3) is 0.419. The maximum absolute atomic E-state index is 13.6. The predicted molar refractivity (Wildman–Crippen MR) is 152 cm³/mol. The van der Waals surface area contributed by atoms with E-state index in [1.165, 1.54) is 11.6 Å². The summed E-state index contributed by atoms with van der Waals surface area (Å²) in [6.07, 6.45) is 5.41. The average Bonchev–Trinajstić information content (AvgIpc) is 3.44. The molecule has 4 heterocycles. The van der Waals surface area contributed by atoms with Crippen molar-refractivity contribution < 1.29 is 31.0 Å². The lowest BCUT2D eigenvalue weighted by molar-refractivity contribution is -0.949. The number of ether oxygens (including phenoxy) is 1. The first-order chi connectivity index (χ1) is 19.3. The van der Waals surface area contributed by atoms with Crippen LogP contribution in [-0.4, -0.2) is 60.9 Å². The lowest BCUT2D eigenvalue weighted by atomic mass is 9.91. The second-order valence-electron chi connectivity index (χ2n) is 11.6. The predicted octanol–water partition coefficient (Wildman–Crippen LogP) is -0.0470. The van der Waals surface area contributed by atoms with E-state index in [0.717, 1.165) is 52.4 Å². The zero-order chi connectivity index (χ0) is 28.0. The van der Waals surface area contributed by atoms with Gasteiger partial charge in [-0.05, 0) is 11.1 Å². The van der Waals surface area contributed by atoms with Crippen LogP contribution in [0.2, 0.25) is 0 Å². The third-order valence-corrected chi connectivity index (χ3v) is 9.40. The van der Waals surface area contributed by atoms with E-state index in [0.29, 0.717) is 29.8 Å². The van der Waals surface area contributed by atoms with Crippen molar-refractivity contribution in [3.05, 3.63) is 99.0 Å². The van der Waals surface area contributed by atoms with Gasteiger partial charge in [0.05, 0.1) is 38.5 Å². The summed E-state index contributed by atoms with van der Waals surface area (Å²) in [4.78, 5) is 43.2. The van der Waals surface area contributed by atoms with Crippen molar-refractivity contribution in [3.8, 4) is 0 Å². The van der Waals surface area contributed by atoms with Crippen LogP contribution in [-0.2, 0) is 30.2 Å². The van der Waals surface area contributed by atoms with Gasteiger partial charge < -0.3 is 30.8 Å². The number of halogens is 1. The number of carbonyl (C=O) groups is 1. The molecular formula is C31H36BrN5O4. The highest BCUT2D eigenvalue weighted by molar-refractivity contribution is 5.82. The van der Waals surface area contributed by atoms with Crippen molar-refractivity contribution >= 4 is 17.1 Å². The van der Waals surface area contributed by atoms with Crippen LogP contribution >= 0.6 is 0 Å². The number of fused-ring (bicyclic) bond motifs is 3. The summed E-state index contributed by atoms with van der Waals surface area (Å²) >= 11 is 0. The van der Waals surface area contributed by atoms with Gasteiger partial charge in [0.1, 0.15) is 12.0 Å². The highest BCUT2D eigenvalue weighted by Crippen LogP contribution is 2.42. The number of carbonyl (C=O) groups excluding carboxylic acids is 1. The first-order valence-corrected chi connectivity index (χ1v) is 14.0. The van der Waals surface area contributed by atoms with E-state index in [1.54, 1.807) is 13.4 Å². The van der Waals surface area contributed by atoms with Crippen molar-refractivity contribution in [1.29, 1.82) is 0 Å². The molecule has 0 aliphatic carbocycles. The quantitative estimate of drug-likeness (QED) is 0.213. The number of quaternary nitrogens is 1. The van der Waals surface area contributed by atoms with Gasteiger partial charge in [-0.2, -0.15) is 0 Å². The maximum atomic E-state index is 13.6. The van der Waals surface area contributed by atoms with Crippen LogP contribution in [0, 0.1) is 0 Å². The number of aromatic nitrogens is 4. The number of imidazole rings is 1. The Hall–Kier alpha value is -3.50. The number of esters is 1. The zero-order valence-electron chi connectivity index (χ0n) is 23.6. The summed E-state index contributed by atoms with van der Waals surface area (Å²) in [5.41, 5.74) is 2.05. The molecule has 216 valence electrons. The molecule has 6 rings (SSSR count). The Balaban J connectivity index is 0.00000337. The van der Waals surface area contributed by atoms with Gasteiger partial charge in [-0.1, -0.05) is 60.7 Å². The molecule has 0 N–H and O–H groups in total. The second-order valence-corrected chi connectivity index (χ2v) is 11.6. The molecule has 0 spiro atoms. The number of benzene rings is 2. The summed E-state index contributed by atoms with van der Waals surface area (Å²) < 4.78 is 11.6. The van der Waals surface area contributed by atoms with Crippen LogP contribution in [0.15, 0.2) is 76.6 Å². The molecule has 2 saturated heterocycles. The van der Waals surface area contributed by atoms with Crippen molar-refractivity contribution in [1.82, 2.24) is 18.7 Å². The maximum Gasteiger partial charge on any atom is 0.332 e. The molecular weight excluding hydrogens is 586 g/mol. The van der Waals surface area contributed by atoms with Gasteiger partial charge in [0.25, 0.3) is 5.56 Å². The smallest absolute Gasteiger partial charge is 0.332 e. The SMILES string of the molecule is Cn1c(=O)c2c(ncn2CC[N+]2(C)C3CCC2CC(OC(=O)C(c2ccccc2)c2ccccc2)C3)n(C)c1=O.[Br-]. The molecule has 2 aromatic carbocycles. The Bertz CT molecular complexity index is 1610. The molecule has 10 heteroatoms. The monoisotopic (exact) mass is 621 g/mol. The molecule has 0 radical (unpaired) electrons. The Morgan fingerprint density at radius 2 is 1.51 bits per heavy atom. The zero-order valence-corrected chi connectivity index (χ0v) is 25.2. The van der Waals surface area contributed by atoms with Crippen molar-refractivity contribution in [2.45, 2.75) is 56.3 Å². The fourth-order valence-electron chi connectivity index (χ4n) is 7.03. The third kappa shape index (κ3) is 5.08. The number of aryl methyl sites for hydroxylation is 1. The molecule has 4 aromatic rings. The van der Waals surface area contributed by atoms with E-state index in [1.807, 2.05) is 65.2 Å². The molecule has 2 unspecified atom stereocenters. The first-order valence-electron chi connectivity index (χ1n) is 14.0. The van der Waals surface area contributed by atoms with Crippen LogP contribution in [0.4, 0.5) is 0 Å². The molecule has 9 nitrogen and oxygen atoms in total. The van der Waals surface area contributed by atoms with Crippen LogP contribution in [0.3, 0.4) is 0 Å². The minimum Gasteiger partial charge on any atom is -1.00 e. The summed E-state index contributed by atoms with van der Waals surface area (Å²) in [5.74, 6) is -0.639. The highest BCUT2D eigenvalue weighted by atomic mass is 79.9. The molecule has 2 aliphatic rings. The Morgan fingerprint density at radius 1 is 0.951 bits per heavy atom. The number of rotatable bonds is 7. The Morgan fingerprint density at radius 3 is 2.07 bits per heavy atom. The Kier molecular flexibility index (Phi) is 8.07. The van der Waals surface area contributed by atoms with E-state index in [4.69, 9.17) is 4.74 Å². The fourth-order valence-corrected chi connectivity index (χ4v) is 7.03. The first kappa shape index (κ1) is 29.0. The number of nitrogens with zero attached hydrogens (tertiary/aromatic N) is 5. The second kappa shape index (κ2) is 11.4. The lowest BCUT2D eigenvalue weighted by Crippen LogP contribution is -3.00. The molecule has 2 atom stereocenters. The van der Waals surface area contributed by atoms with Gasteiger partial charge in [-0.25, -0.2) is 9.78 Å². The molecule has 2 fully saturated rings. The topological polar surface area (TPSA) is 88.1 Å². The van der Waals surface area contributed by atoms with Gasteiger partial charge in [0.15, 0.2) is 11.2 Å². The van der Waals surface area contributed by atoms with E-state index in [2.05, 4.69) is 12.0 Å². The van der Waals surface area contributed by atoms with E-state index in [9.17, 15) is 14.4 Å². The van der Waals surface area contributed by atoms with E-state index >= 15 is 0 Å². The van der Waals surface area contributed by atoms with Crippen LogP contribution in [0.5, 0.6) is 0 Å². The minimum absolute atomic E-state index is 0. The number of hydrogen-bond donors (Lipinski definition) is 0. The van der Waals surface area contributed by atoms with Crippen LogP contribution < -0.4 is 28.2 Å². The average molecular weight is 623 g/mol. The summed E-state index contributed by atoms with van der Waals surface area (Å²) in [6, 6.07) is 20.5. The van der Waals surface area contributed by atoms with Gasteiger partial charge in [-0.15, -0.1) is 0 Å². The van der Waals surface area contributed by atoms with E-state index < -0.39 is 5.92 Å². The largest absolute Gasteiger partial charge is 1.00 e.